The number of hydrogen-bond acceptors (Lipinski definition) is 9. The normalized spacial score (nSPS) is 26.6. The van der Waals surface area contributed by atoms with Gasteiger partial charge in [-0.2, -0.15) is 0 Å². The maximum atomic E-state index is 15.6. The first-order valence-corrected chi connectivity index (χ1v) is 15.7. The number of benzene rings is 1. The lowest BCUT2D eigenvalue weighted by molar-refractivity contribution is -0.112. The van der Waals surface area contributed by atoms with E-state index in [4.69, 9.17) is 13.8 Å². The fourth-order valence-electron chi connectivity index (χ4n) is 4.41. The molecule has 0 bridgehead atoms. The number of nitrogens with one attached hydrogen (secondary N) is 2. The molecule has 4 rings (SSSR count). The van der Waals surface area contributed by atoms with Gasteiger partial charge in [-0.1, -0.05) is 25.6 Å². The Balaban J connectivity index is 1.54. The topological polar surface area (TPSA) is 149 Å². The maximum absolute atomic E-state index is 15.6. The van der Waals surface area contributed by atoms with E-state index in [-0.39, 0.29) is 21.7 Å². The minimum absolute atomic E-state index is 0.0822. The number of thioether (sulfide) groups is 1. The fourth-order valence-corrected chi connectivity index (χ4v) is 6.74. The van der Waals surface area contributed by atoms with E-state index in [0.717, 1.165) is 47.6 Å². The van der Waals surface area contributed by atoms with Crippen LogP contribution in [0.4, 0.5) is 13.2 Å². The van der Waals surface area contributed by atoms with Gasteiger partial charge in [0.05, 0.1) is 12.6 Å². The molecule has 11 nitrogen and oxygen atoms in total. The van der Waals surface area contributed by atoms with Crippen molar-refractivity contribution in [3.05, 3.63) is 62.9 Å². The molecule has 2 aromatic rings. The van der Waals surface area contributed by atoms with Gasteiger partial charge in [0.25, 0.3) is 11.5 Å². The van der Waals surface area contributed by atoms with Gasteiger partial charge in [0.15, 0.2) is 11.9 Å². The van der Waals surface area contributed by atoms with E-state index < -0.39 is 67.6 Å². The van der Waals surface area contributed by atoms with Gasteiger partial charge in [0.1, 0.15) is 18.0 Å². The summed E-state index contributed by atoms with van der Waals surface area (Å²) < 4.78 is 75.8. The van der Waals surface area contributed by atoms with Crippen LogP contribution < -0.4 is 20.9 Å². The Morgan fingerprint density at radius 1 is 1.26 bits per heavy atom. The smallest absolute Gasteiger partial charge is 0.413 e. The summed E-state index contributed by atoms with van der Waals surface area (Å²) in [6.45, 7) is 5.26. The minimum Gasteiger partial charge on any atom is -0.413 e. The number of ether oxygens (including phenoxy) is 1. The van der Waals surface area contributed by atoms with Crippen molar-refractivity contribution in [3.8, 4) is 5.75 Å². The third kappa shape index (κ3) is 7.20. The number of aromatic amines is 1. The lowest BCUT2D eigenvalue weighted by Gasteiger charge is -2.25. The summed E-state index contributed by atoms with van der Waals surface area (Å²) in [6.07, 6.45) is -3.19. The molecule has 2 heterocycles. The number of aromatic nitrogens is 2. The van der Waals surface area contributed by atoms with E-state index in [0.29, 0.717) is 12.8 Å². The van der Waals surface area contributed by atoms with E-state index in [9.17, 15) is 32.8 Å². The molecule has 1 aliphatic heterocycles. The van der Waals surface area contributed by atoms with E-state index in [1.54, 1.807) is 13.8 Å². The zero-order chi connectivity index (χ0) is 31.0. The van der Waals surface area contributed by atoms with Gasteiger partial charge in [0, 0.05) is 29.0 Å². The van der Waals surface area contributed by atoms with Crippen LogP contribution in [0.15, 0.2) is 46.1 Å². The first kappa shape index (κ1) is 32.5. The maximum Gasteiger partial charge on any atom is 0.459 e. The van der Waals surface area contributed by atoms with Gasteiger partial charge in [0.2, 0.25) is 5.12 Å². The molecular formula is C26H33F3N3O8PS. The predicted molar refractivity (Wildman–Crippen MR) is 148 cm³/mol. The zero-order valence-electron chi connectivity index (χ0n) is 23.3. The van der Waals surface area contributed by atoms with Crippen LogP contribution >= 0.6 is 19.5 Å². The molecule has 1 aromatic heterocycles. The van der Waals surface area contributed by atoms with Crippen molar-refractivity contribution < 1.29 is 41.4 Å². The second kappa shape index (κ2) is 12.3. The molecule has 1 saturated carbocycles. The molecule has 232 valence electrons. The third-order valence-electron chi connectivity index (χ3n) is 6.84. The Kier molecular flexibility index (Phi) is 9.51. The fraction of sp³-hybridized carbons (Fsp3) is 0.577. The molecule has 3 N–H and O–H groups in total. The molecule has 16 heteroatoms. The summed E-state index contributed by atoms with van der Waals surface area (Å²) in [5.41, 5.74) is -4.48. The monoisotopic (exact) mass is 635 g/mol. The van der Waals surface area contributed by atoms with E-state index in [2.05, 4.69) is 5.09 Å². The molecule has 42 heavy (non-hydrogen) atoms. The van der Waals surface area contributed by atoms with Gasteiger partial charge < -0.3 is 14.4 Å². The van der Waals surface area contributed by atoms with Gasteiger partial charge in [-0.3, -0.25) is 23.7 Å². The highest BCUT2D eigenvalue weighted by Gasteiger charge is 2.56. The Morgan fingerprint density at radius 3 is 2.48 bits per heavy atom. The van der Waals surface area contributed by atoms with Crippen LogP contribution in [0.25, 0.3) is 0 Å². The Morgan fingerprint density at radius 2 is 1.90 bits per heavy atom. The van der Waals surface area contributed by atoms with Crippen LogP contribution in [0.3, 0.4) is 0 Å². The number of aliphatic hydroxyl groups is 1. The van der Waals surface area contributed by atoms with Crippen molar-refractivity contribution in [2.45, 2.75) is 81.9 Å². The largest absolute Gasteiger partial charge is 0.459 e. The van der Waals surface area contributed by atoms with Crippen molar-refractivity contribution in [2.24, 2.45) is 5.92 Å². The summed E-state index contributed by atoms with van der Waals surface area (Å²) >= 11 is 0.978. The number of aliphatic hydroxyl groups excluding tert-OH is 1. The minimum atomic E-state index is -4.49. The lowest BCUT2D eigenvalue weighted by atomic mass is 9.98. The van der Waals surface area contributed by atoms with E-state index in [1.165, 1.54) is 19.1 Å². The van der Waals surface area contributed by atoms with Crippen LogP contribution in [0, 0.1) is 5.92 Å². The van der Waals surface area contributed by atoms with Gasteiger partial charge in [-0.25, -0.2) is 27.6 Å². The second-order valence-electron chi connectivity index (χ2n) is 10.8. The van der Waals surface area contributed by atoms with E-state index >= 15 is 4.39 Å². The van der Waals surface area contributed by atoms with Crippen LogP contribution in [-0.4, -0.2) is 55.5 Å². The average Bonchev–Trinajstić information content (AvgIpc) is 3.72. The first-order valence-electron chi connectivity index (χ1n) is 13.3. The Labute approximate surface area is 243 Å². The van der Waals surface area contributed by atoms with E-state index in [1.807, 2.05) is 4.98 Å². The van der Waals surface area contributed by atoms with Crippen LogP contribution in [0.1, 0.15) is 52.3 Å². The number of carbonyl (C=O) groups excluding carboxylic acids is 1. The molecule has 2 aliphatic rings. The molecule has 1 aliphatic carbocycles. The average molecular weight is 636 g/mol. The van der Waals surface area contributed by atoms with Crippen molar-refractivity contribution in [1.29, 1.82) is 0 Å². The van der Waals surface area contributed by atoms with Crippen molar-refractivity contribution >= 4 is 24.6 Å². The number of halogens is 3. The molecule has 0 amide bonds. The third-order valence-corrected chi connectivity index (χ3v) is 9.54. The van der Waals surface area contributed by atoms with Gasteiger partial charge in [-0.15, -0.1) is 0 Å². The first-order chi connectivity index (χ1) is 19.5. The summed E-state index contributed by atoms with van der Waals surface area (Å²) in [5.74, 6) is -3.87. The van der Waals surface area contributed by atoms with Crippen LogP contribution in [0.2, 0.25) is 0 Å². The Hall–Kier alpha value is -2.42. The number of H-pyrrole nitrogens is 1. The predicted octanol–water partition coefficient (Wildman–Crippen LogP) is 3.87. The molecule has 1 unspecified atom stereocenters. The number of rotatable bonds is 12. The number of alkyl halides is 3. The summed E-state index contributed by atoms with van der Waals surface area (Å²) in [4.78, 5) is 38.2. The van der Waals surface area contributed by atoms with Crippen molar-refractivity contribution in [1.82, 2.24) is 14.6 Å². The molecule has 0 spiro atoms. The molecule has 1 saturated heterocycles. The zero-order valence-corrected chi connectivity index (χ0v) is 25.0. The standard InChI is InChI=1S/C26H33F3N3O8PS/c1-14(2)42-22(35)15(3)31-41(37,40-18-9-7-17(8-10-18)26(28,29)16-5-6-16)38-13-19-21(34)25(4,27)23(39-19)32-12-11-20(33)30-24(32)36/h7-12,14-16,19,21,23,34H,5-6,13H2,1-4H3,(H,31,37)(H,30,33,36)/t15-,19+,21+,23+,25+,41?/m0/s1. The highest BCUT2D eigenvalue weighted by atomic mass is 32.2. The van der Waals surface area contributed by atoms with Gasteiger partial charge >= 0.3 is 13.4 Å². The second-order valence-corrected chi connectivity index (χ2v) is 14.1. The van der Waals surface area contributed by atoms with Crippen molar-refractivity contribution in [3.63, 3.8) is 0 Å². The summed E-state index contributed by atoms with van der Waals surface area (Å²) in [5, 5.41) is 12.7. The molecule has 2 fully saturated rings. The van der Waals surface area contributed by atoms with Crippen LogP contribution in [-0.2, 0) is 24.5 Å². The number of nitrogens with zero attached hydrogens (tertiary/aromatic N) is 1. The van der Waals surface area contributed by atoms with Crippen molar-refractivity contribution in [2.75, 3.05) is 6.61 Å². The summed E-state index contributed by atoms with van der Waals surface area (Å²) in [7, 11) is -4.49. The molecular weight excluding hydrogens is 602 g/mol. The van der Waals surface area contributed by atoms with Gasteiger partial charge in [-0.05, 0) is 51.0 Å². The number of hydrogen-bond donors (Lipinski definition) is 3. The highest BCUT2D eigenvalue weighted by Crippen LogP contribution is 2.51. The Bertz CT molecular complexity index is 1450. The quantitative estimate of drug-likeness (QED) is 0.294. The number of carbonyl (C=O) groups is 1. The molecule has 0 radical (unpaired) electrons. The lowest BCUT2D eigenvalue weighted by Crippen LogP contribution is -2.43. The SMILES string of the molecule is CC(C)SC(=O)[C@H](C)NP(=O)(OC[C@H]1O[C@@H](n2ccc(=O)[nH]c2=O)[C@](C)(F)[C@@H]1O)Oc1ccc(C(F)(F)C2CC2)cc1. The molecule has 1 aromatic carbocycles. The van der Waals surface area contributed by atoms with Crippen LogP contribution in [0.5, 0.6) is 5.75 Å². The summed E-state index contributed by atoms with van der Waals surface area (Å²) in [6, 6.07) is 4.59. The molecule has 6 atom stereocenters. The highest BCUT2D eigenvalue weighted by molar-refractivity contribution is 8.14.